The predicted molar refractivity (Wildman–Crippen MR) is 91.5 cm³/mol. The molecule has 2 rings (SSSR count). The highest BCUT2D eigenvalue weighted by Crippen LogP contribution is 2.20. The number of benzene rings is 2. The van der Waals surface area contributed by atoms with Crippen LogP contribution in [0.3, 0.4) is 0 Å². The molecule has 0 bridgehead atoms. The van der Waals surface area contributed by atoms with Crippen molar-refractivity contribution in [1.29, 1.82) is 0 Å². The largest absolute Gasteiger partial charge is 0.484 e. The lowest BCUT2D eigenvalue weighted by molar-refractivity contribution is -0.124. The topological polar surface area (TPSA) is 58.6 Å². The van der Waals surface area contributed by atoms with E-state index in [0.29, 0.717) is 11.5 Å². The molecule has 0 radical (unpaired) electrons. The van der Waals surface area contributed by atoms with Crippen molar-refractivity contribution >= 4 is 28.4 Å². The molecule has 118 valence electrons. The minimum atomic E-state index is -0.905. The lowest BCUT2D eigenvalue weighted by atomic mass is 10.1. The standard InChI is InChI=1S/C17H21NO3S/c1-17(20,12-22-2)11-18-16(19)10-21-15-8-7-13-5-3-4-6-14(13)9-15/h3-9,20H,10-12H2,1-2H3,(H,18,19)/t17-/m1/s1. The summed E-state index contributed by atoms with van der Waals surface area (Å²) in [6, 6.07) is 13.7. The molecule has 2 aromatic carbocycles. The molecule has 2 N–H and O–H groups in total. The maximum atomic E-state index is 11.8. The van der Waals surface area contributed by atoms with Gasteiger partial charge in [0.15, 0.2) is 6.61 Å². The zero-order valence-electron chi connectivity index (χ0n) is 12.8. The van der Waals surface area contributed by atoms with Crippen LogP contribution in [0.1, 0.15) is 6.92 Å². The van der Waals surface area contributed by atoms with Gasteiger partial charge >= 0.3 is 0 Å². The summed E-state index contributed by atoms with van der Waals surface area (Å²) in [6.45, 7) is 1.86. The van der Waals surface area contributed by atoms with Gasteiger partial charge in [-0.15, -0.1) is 0 Å². The number of hydrogen-bond donors (Lipinski definition) is 2. The third kappa shape index (κ3) is 4.93. The Morgan fingerprint density at radius 1 is 1.27 bits per heavy atom. The van der Waals surface area contributed by atoms with Gasteiger partial charge in [0.1, 0.15) is 5.75 Å². The first-order chi connectivity index (χ1) is 10.5. The van der Waals surface area contributed by atoms with Gasteiger partial charge in [-0.1, -0.05) is 30.3 Å². The van der Waals surface area contributed by atoms with E-state index >= 15 is 0 Å². The molecular formula is C17H21NO3S. The van der Waals surface area contributed by atoms with Crippen LogP contribution in [-0.4, -0.2) is 41.8 Å². The second-order valence-corrected chi connectivity index (χ2v) is 6.37. The fourth-order valence-corrected chi connectivity index (χ4v) is 2.83. The van der Waals surface area contributed by atoms with Crippen molar-refractivity contribution in [2.24, 2.45) is 0 Å². The fourth-order valence-electron chi connectivity index (χ4n) is 2.11. The van der Waals surface area contributed by atoms with E-state index in [-0.39, 0.29) is 19.1 Å². The average molecular weight is 319 g/mol. The van der Waals surface area contributed by atoms with Crippen molar-refractivity contribution in [3.8, 4) is 5.75 Å². The molecule has 0 fully saturated rings. The lowest BCUT2D eigenvalue weighted by Crippen LogP contribution is -2.43. The Morgan fingerprint density at radius 2 is 2.00 bits per heavy atom. The SMILES string of the molecule is CSC[C@](C)(O)CNC(=O)COc1ccc2ccccc2c1. The summed E-state index contributed by atoms with van der Waals surface area (Å²) in [5, 5.41) is 14.9. The maximum Gasteiger partial charge on any atom is 0.258 e. The van der Waals surface area contributed by atoms with Crippen LogP contribution in [0.25, 0.3) is 10.8 Å². The number of carbonyl (C=O) groups excluding carboxylic acids is 1. The number of amides is 1. The Balaban J connectivity index is 1.85. The second kappa shape index (κ2) is 7.51. The Hall–Kier alpha value is -1.72. The molecule has 0 saturated carbocycles. The Morgan fingerprint density at radius 3 is 2.73 bits per heavy atom. The summed E-state index contributed by atoms with van der Waals surface area (Å²) in [6.07, 6.45) is 1.92. The first-order valence-electron chi connectivity index (χ1n) is 7.10. The molecule has 0 aliphatic rings. The highest BCUT2D eigenvalue weighted by atomic mass is 32.2. The average Bonchev–Trinajstić information content (AvgIpc) is 2.51. The molecule has 5 heteroatoms. The van der Waals surface area contributed by atoms with E-state index < -0.39 is 5.60 Å². The van der Waals surface area contributed by atoms with Gasteiger partial charge in [0.25, 0.3) is 5.91 Å². The summed E-state index contributed by atoms with van der Waals surface area (Å²) >= 11 is 1.54. The van der Waals surface area contributed by atoms with Crippen LogP contribution >= 0.6 is 11.8 Å². The van der Waals surface area contributed by atoms with Crippen LogP contribution in [0.15, 0.2) is 42.5 Å². The molecule has 0 aliphatic carbocycles. The van der Waals surface area contributed by atoms with Gasteiger partial charge in [-0.05, 0) is 36.1 Å². The smallest absolute Gasteiger partial charge is 0.258 e. The van der Waals surface area contributed by atoms with Crippen molar-refractivity contribution < 1.29 is 14.6 Å². The minimum Gasteiger partial charge on any atom is -0.484 e. The zero-order chi connectivity index (χ0) is 16.0. The van der Waals surface area contributed by atoms with Crippen LogP contribution in [0.4, 0.5) is 0 Å². The summed E-state index contributed by atoms with van der Waals surface area (Å²) in [5.41, 5.74) is -0.905. The summed E-state index contributed by atoms with van der Waals surface area (Å²) in [7, 11) is 0. The molecule has 22 heavy (non-hydrogen) atoms. The number of rotatable bonds is 7. The van der Waals surface area contributed by atoms with Crippen molar-refractivity contribution in [3.05, 3.63) is 42.5 Å². The Labute approximate surface area is 134 Å². The first-order valence-corrected chi connectivity index (χ1v) is 8.49. The van der Waals surface area contributed by atoms with Gasteiger partial charge in [-0.2, -0.15) is 11.8 Å². The van der Waals surface area contributed by atoms with Gasteiger partial charge in [0.05, 0.1) is 5.60 Å². The molecule has 2 aromatic rings. The third-order valence-corrected chi connectivity index (χ3v) is 4.12. The number of aliphatic hydroxyl groups is 1. The first kappa shape index (κ1) is 16.6. The van der Waals surface area contributed by atoms with Gasteiger partial charge < -0.3 is 15.2 Å². The molecule has 0 heterocycles. The number of fused-ring (bicyclic) bond motifs is 1. The van der Waals surface area contributed by atoms with Crippen molar-refractivity contribution in [1.82, 2.24) is 5.32 Å². The molecular weight excluding hydrogens is 298 g/mol. The minimum absolute atomic E-state index is 0.0618. The van der Waals surface area contributed by atoms with E-state index in [4.69, 9.17) is 4.74 Å². The van der Waals surface area contributed by atoms with Gasteiger partial charge in [0, 0.05) is 12.3 Å². The van der Waals surface area contributed by atoms with Crippen LogP contribution in [0.2, 0.25) is 0 Å². The molecule has 4 nitrogen and oxygen atoms in total. The van der Waals surface area contributed by atoms with Crippen molar-refractivity contribution in [2.75, 3.05) is 25.2 Å². The zero-order valence-corrected chi connectivity index (χ0v) is 13.7. The Kier molecular flexibility index (Phi) is 5.69. The predicted octanol–water partition coefficient (Wildman–Crippen LogP) is 2.45. The van der Waals surface area contributed by atoms with E-state index in [1.165, 1.54) is 11.8 Å². The lowest BCUT2D eigenvalue weighted by Gasteiger charge is -2.22. The van der Waals surface area contributed by atoms with Crippen molar-refractivity contribution in [3.63, 3.8) is 0 Å². The van der Waals surface area contributed by atoms with E-state index in [1.807, 2.05) is 48.7 Å². The summed E-state index contributed by atoms with van der Waals surface area (Å²) in [5.74, 6) is 0.984. The normalized spacial score (nSPS) is 13.6. The summed E-state index contributed by atoms with van der Waals surface area (Å²) < 4.78 is 5.50. The highest BCUT2D eigenvalue weighted by molar-refractivity contribution is 7.98. The van der Waals surface area contributed by atoms with E-state index in [2.05, 4.69) is 5.32 Å². The monoisotopic (exact) mass is 319 g/mol. The third-order valence-electron chi connectivity index (χ3n) is 3.21. The Bertz CT molecular complexity index is 643. The molecule has 0 aliphatic heterocycles. The number of ether oxygens (including phenoxy) is 1. The quantitative estimate of drug-likeness (QED) is 0.823. The molecule has 0 aromatic heterocycles. The van der Waals surface area contributed by atoms with Crippen molar-refractivity contribution in [2.45, 2.75) is 12.5 Å². The molecule has 0 spiro atoms. The van der Waals surface area contributed by atoms with Crippen LogP contribution in [-0.2, 0) is 4.79 Å². The van der Waals surface area contributed by atoms with Gasteiger partial charge in [0.2, 0.25) is 0 Å². The second-order valence-electron chi connectivity index (χ2n) is 5.50. The molecule has 0 saturated heterocycles. The highest BCUT2D eigenvalue weighted by Gasteiger charge is 2.20. The van der Waals surface area contributed by atoms with Crippen LogP contribution in [0.5, 0.6) is 5.75 Å². The van der Waals surface area contributed by atoms with Gasteiger partial charge in [-0.3, -0.25) is 4.79 Å². The van der Waals surface area contributed by atoms with E-state index in [0.717, 1.165) is 10.8 Å². The van der Waals surface area contributed by atoms with Crippen LogP contribution < -0.4 is 10.1 Å². The van der Waals surface area contributed by atoms with Crippen LogP contribution in [0, 0.1) is 0 Å². The summed E-state index contributed by atoms with van der Waals surface area (Å²) in [4.78, 5) is 11.8. The molecule has 0 unspecified atom stereocenters. The van der Waals surface area contributed by atoms with Gasteiger partial charge in [-0.25, -0.2) is 0 Å². The molecule has 1 atom stereocenters. The number of thioether (sulfide) groups is 1. The van der Waals surface area contributed by atoms with E-state index in [9.17, 15) is 9.90 Å². The number of nitrogens with one attached hydrogen (secondary N) is 1. The fraction of sp³-hybridized carbons (Fsp3) is 0.353. The number of hydrogen-bond acceptors (Lipinski definition) is 4. The maximum absolute atomic E-state index is 11.8. The molecule has 1 amide bonds. The van der Waals surface area contributed by atoms with E-state index in [1.54, 1.807) is 6.92 Å². The number of carbonyl (C=O) groups is 1.